The molecule has 0 aromatic rings. The molecule has 1 N–H and O–H groups in total. The molecule has 0 aliphatic heterocycles. The molecular formula is C11H20N2O4. The number of nitrogens with one attached hydrogen (secondary N) is 1. The summed E-state index contributed by atoms with van der Waals surface area (Å²) < 4.78 is 4.52. The fourth-order valence-corrected chi connectivity index (χ4v) is 1.33. The van der Waals surface area contributed by atoms with Gasteiger partial charge in [0.15, 0.2) is 0 Å². The molecule has 1 unspecified atom stereocenters. The Bertz CT molecular complexity index is 302. The third kappa shape index (κ3) is 5.33. The number of carbonyl (C=O) groups excluding carboxylic acids is 3. The first-order valence-electron chi connectivity index (χ1n) is 5.44. The first-order chi connectivity index (χ1) is 7.79. The Morgan fingerprint density at radius 3 is 2.12 bits per heavy atom. The predicted octanol–water partition coefficient (Wildman–Crippen LogP) is -0.0790. The zero-order valence-electron chi connectivity index (χ0n) is 10.9. The summed E-state index contributed by atoms with van der Waals surface area (Å²) in [6.45, 7) is 6.39. The minimum absolute atomic E-state index is 0.114. The van der Waals surface area contributed by atoms with Gasteiger partial charge in [0.25, 0.3) is 0 Å². The summed E-state index contributed by atoms with van der Waals surface area (Å²) in [5, 5.41) is 2.49. The van der Waals surface area contributed by atoms with E-state index in [4.69, 9.17) is 0 Å². The molecule has 17 heavy (non-hydrogen) atoms. The molecule has 0 aromatic heterocycles. The van der Waals surface area contributed by atoms with Gasteiger partial charge in [-0.05, 0) is 20.8 Å². The van der Waals surface area contributed by atoms with Gasteiger partial charge in [0.2, 0.25) is 11.8 Å². The number of esters is 1. The topological polar surface area (TPSA) is 75.7 Å². The van der Waals surface area contributed by atoms with Gasteiger partial charge in [0.1, 0.15) is 12.6 Å². The first-order valence-corrected chi connectivity index (χ1v) is 5.44. The third-order valence-electron chi connectivity index (χ3n) is 2.22. The van der Waals surface area contributed by atoms with Gasteiger partial charge in [-0.1, -0.05) is 0 Å². The van der Waals surface area contributed by atoms with Crippen LogP contribution >= 0.6 is 0 Å². The van der Waals surface area contributed by atoms with Crippen molar-refractivity contribution in [2.24, 2.45) is 0 Å². The van der Waals surface area contributed by atoms with Gasteiger partial charge in [-0.15, -0.1) is 0 Å². The van der Waals surface area contributed by atoms with Crippen LogP contribution in [0, 0.1) is 0 Å². The minimum Gasteiger partial charge on any atom is -0.468 e. The normalized spacial score (nSPS) is 11.9. The molecule has 6 nitrogen and oxygen atoms in total. The van der Waals surface area contributed by atoms with E-state index in [9.17, 15) is 14.4 Å². The molecular weight excluding hydrogens is 224 g/mol. The van der Waals surface area contributed by atoms with Crippen molar-refractivity contribution >= 4 is 17.8 Å². The molecule has 0 aliphatic rings. The summed E-state index contributed by atoms with van der Waals surface area (Å²) in [6.07, 6.45) is 0. The van der Waals surface area contributed by atoms with Crippen LogP contribution in [0.5, 0.6) is 0 Å². The summed E-state index contributed by atoms with van der Waals surface area (Å²) in [4.78, 5) is 35.4. The van der Waals surface area contributed by atoms with Gasteiger partial charge in [0.05, 0.1) is 7.11 Å². The van der Waals surface area contributed by atoms with Crippen LogP contribution in [-0.4, -0.2) is 48.4 Å². The van der Waals surface area contributed by atoms with Crippen LogP contribution in [-0.2, 0) is 19.1 Å². The molecule has 0 radical (unpaired) electrons. The highest BCUT2D eigenvalue weighted by Gasteiger charge is 2.25. The van der Waals surface area contributed by atoms with E-state index in [0.29, 0.717) is 0 Å². The van der Waals surface area contributed by atoms with Crippen molar-refractivity contribution in [2.75, 3.05) is 13.7 Å². The van der Waals surface area contributed by atoms with E-state index < -0.39 is 12.0 Å². The zero-order chi connectivity index (χ0) is 13.6. The maximum Gasteiger partial charge on any atom is 0.325 e. The SMILES string of the molecule is COC(=O)CN(C(=O)C(C)NC(C)=O)C(C)C. The highest BCUT2D eigenvalue weighted by Crippen LogP contribution is 2.02. The van der Waals surface area contributed by atoms with Gasteiger partial charge in [-0.3, -0.25) is 14.4 Å². The molecule has 0 saturated heterocycles. The number of amides is 2. The molecule has 98 valence electrons. The summed E-state index contributed by atoms with van der Waals surface area (Å²) in [5.41, 5.74) is 0. The number of rotatable bonds is 5. The lowest BCUT2D eigenvalue weighted by molar-refractivity contribution is -0.149. The fraction of sp³-hybridized carbons (Fsp3) is 0.727. The molecule has 0 aromatic carbocycles. The Labute approximate surface area is 101 Å². The number of methoxy groups -OCH3 is 1. The van der Waals surface area contributed by atoms with Crippen LogP contribution < -0.4 is 5.32 Å². The van der Waals surface area contributed by atoms with Crippen LogP contribution in [0.4, 0.5) is 0 Å². The molecule has 6 heteroatoms. The van der Waals surface area contributed by atoms with E-state index >= 15 is 0 Å². The monoisotopic (exact) mass is 244 g/mol. The summed E-state index contributed by atoms with van der Waals surface area (Å²) >= 11 is 0. The number of carbonyl (C=O) groups is 3. The lowest BCUT2D eigenvalue weighted by Gasteiger charge is -2.28. The number of hydrogen-bond donors (Lipinski definition) is 1. The maximum atomic E-state index is 12.0. The Morgan fingerprint density at radius 1 is 1.24 bits per heavy atom. The molecule has 0 heterocycles. The largest absolute Gasteiger partial charge is 0.468 e. The second kappa shape index (κ2) is 6.88. The summed E-state index contributed by atoms with van der Waals surface area (Å²) in [7, 11) is 1.27. The van der Waals surface area contributed by atoms with Crippen LogP contribution in [0.25, 0.3) is 0 Å². The number of ether oxygens (including phenoxy) is 1. The Morgan fingerprint density at radius 2 is 1.76 bits per heavy atom. The van der Waals surface area contributed by atoms with E-state index in [1.165, 1.54) is 18.9 Å². The van der Waals surface area contributed by atoms with E-state index in [1.54, 1.807) is 20.8 Å². The molecule has 1 atom stereocenters. The van der Waals surface area contributed by atoms with E-state index in [-0.39, 0.29) is 24.4 Å². The molecule has 0 saturated carbocycles. The van der Waals surface area contributed by atoms with Gasteiger partial charge in [-0.25, -0.2) is 0 Å². The standard InChI is InChI=1S/C11H20N2O4/c1-7(2)13(6-10(15)17-5)11(16)8(3)12-9(4)14/h7-8H,6H2,1-5H3,(H,12,14). The Kier molecular flexibility index (Phi) is 6.23. The quantitative estimate of drug-likeness (QED) is 0.686. The number of hydrogen-bond acceptors (Lipinski definition) is 4. The van der Waals surface area contributed by atoms with Crippen molar-refractivity contribution in [2.45, 2.75) is 39.8 Å². The summed E-state index contributed by atoms with van der Waals surface area (Å²) in [5.74, 6) is -1.07. The molecule has 0 rings (SSSR count). The van der Waals surface area contributed by atoms with Crippen molar-refractivity contribution in [1.29, 1.82) is 0 Å². The zero-order valence-corrected chi connectivity index (χ0v) is 10.9. The van der Waals surface area contributed by atoms with Crippen molar-refractivity contribution in [3.63, 3.8) is 0 Å². The second-order valence-electron chi connectivity index (χ2n) is 4.06. The third-order valence-corrected chi connectivity index (χ3v) is 2.22. The van der Waals surface area contributed by atoms with Crippen LogP contribution in [0.1, 0.15) is 27.7 Å². The number of nitrogens with zero attached hydrogens (tertiary/aromatic N) is 1. The Balaban J connectivity index is 4.64. The van der Waals surface area contributed by atoms with Crippen molar-refractivity contribution in [3.05, 3.63) is 0 Å². The van der Waals surface area contributed by atoms with E-state index in [0.717, 1.165) is 0 Å². The first kappa shape index (κ1) is 15.4. The molecule has 2 amide bonds. The van der Waals surface area contributed by atoms with Gasteiger partial charge >= 0.3 is 5.97 Å². The average molecular weight is 244 g/mol. The van der Waals surface area contributed by atoms with Crippen LogP contribution in [0.3, 0.4) is 0 Å². The predicted molar refractivity (Wildman–Crippen MR) is 62.1 cm³/mol. The van der Waals surface area contributed by atoms with Gasteiger partial charge in [0, 0.05) is 13.0 Å². The second-order valence-corrected chi connectivity index (χ2v) is 4.06. The van der Waals surface area contributed by atoms with Crippen molar-refractivity contribution in [3.8, 4) is 0 Å². The van der Waals surface area contributed by atoms with Gasteiger partial charge < -0.3 is 15.0 Å². The highest BCUT2D eigenvalue weighted by molar-refractivity contribution is 5.89. The van der Waals surface area contributed by atoms with E-state index in [1.807, 2.05) is 0 Å². The average Bonchev–Trinajstić information content (AvgIpc) is 2.23. The maximum absolute atomic E-state index is 12.0. The lowest BCUT2D eigenvalue weighted by atomic mass is 10.2. The lowest BCUT2D eigenvalue weighted by Crippen LogP contribution is -2.50. The van der Waals surface area contributed by atoms with Crippen molar-refractivity contribution in [1.82, 2.24) is 10.2 Å². The van der Waals surface area contributed by atoms with Crippen LogP contribution in [0.15, 0.2) is 0 Å². The Hall–Kier alpha value is -1.59. The van der Waals surface area contributed by atoms with Gasteiger partial charge in [-0.2, -0.15) is 0 Å². The molecule has 0 spiro atoms. The highest BCUT2D eigenvalue weighted by atomic mass is 16.5. The fourth-order valence-electron chi connectivity index (χ4n) is 1.33. The van der Waals surface area contributed by atoms with Crippen LogP contribution in [0.2, 0.25) is 0 Å². The smallest absolute Gasteiger partial charge is 0.325 e. The molecule has 0 fully saturated rings. The summed E-state index contributed by atoms with van der Waals surface area (Å²) in [6, 6.07) is -0.794. The molecule has 0 bridgehead atoms. The van der Waals surface area contributed by atoms with Crippen molar-refractivity contribution < 1.29 is 19.1 Å². The molecule has 0 aliphatic carbocycles. The minimum atomic E-state index is -0.653. The van der Waals surface area contributed by atoms with E-state index in [2.05, 4.69) is 10.1 Å².